The number of aryl methyl sites for hydroxylation is 1. The van der Waals surface area contributed by atoms with E-state index in [4.69, 9.17) is 16.1 Å². The summed E-state index contributed by atoms with van der Waals surface area (Å²) in [6, 6.07) is 8.97. The predicted octanol–water partition coefficient (Wildman–Crippen LogP) is 3.52. The van der Waals surface area contributed by atoms with Crippen molar-refractivity contribution in [3.63, 3.8) is 0 Å². The Bertz CT molecular complexity index is 563. The van der Waals surface area contributed by atoms with Crippen LogP contribution in [0.4, 0.5) is 0 Å². The highest BCUT2D eigenvalue weighted by Crippen LogP contribution is 2.19. The average molecular weight is 279 g/mol. The topological polar surface area (TPSA) is 55.1 Å². The molecule has 0 aliphatic carbocycles. The standard InChI is InChI=1S/C14H15ClN2O2/c1-3-12(10-4-6-11(15)7-5-10)16-14(18)13-8-9(2)17-19-13/h4-8,12H,3H2,1-2H3,(H,16,18)/t12-/m1/s1. The van der Waals surface area contributed by atoms with Crippen molar-refractivity contribution in [3.05, 3.63) is 52.4 Å². The SMILES string of the molecule is CC[C@@H](NC(=O)c1cc(C)no1)c1ccc(Cl)cc1. The number of carbonyl (C=O) groups is 1. The quantitative estimate of drug-likeness (QED) is 0.931. The molecule has 1 aromatic heterocycles. The van der Waals surface area contributed by atoms with Gasteiger partial charge in [0.1, 0.15) is 0 Å². The van der Waals surface area contributed by atoms with Crippen molar-refractivity contribution in [2.45, 2.75) is 26.3 Å². The minimum Gasteiger partial charge on any atom is -0.351 e. The third-order valence-electron chi connectivity index (χ3n) is 2.84. The highest BCUT2D eigenvalue weighted by atomic mass is 35.5. The molecule has 100 valence electrons. The molecule has 0 aliphatic rings. The second-order valence-corrected chi connectivity index (χ2v) is 4.75. The van der Waals surface area contributed by atoms with E-state index in [-0.39, 0.29) is 17.7 Å². The molecule has 0 radical (unpaired) electrons. The first kappa shape index (κ1) is 13.6. The highest BCUT2D eigenvalue weighted by molar-refractivity contribution is 6.30. The van der Waals surface area contributed by atoms with Gasteiger partial charge in [0.15, 0.2) is 0 Å². The molecule has 2 aromatic rings. The second-order valence-electron chi connectivity index (χ2n) is 4.32. The second kappa shape index (κ2) is 5.89. The van der Waals surface area contributed by atoms with Gasteiger partial charge in [0.2, 0.25) is 5.76 Å². The summed E-state index contributed by atoms with van der Waals surface area (Å²) in [7, 11) is 0. The Balaban J connectivity index is 2.11. The Morgan fingerprint density at radius 3 is 2.63 bits per heavy atom. The molecule has 1 heterocycles. The van der Waals surface area contributed by atoms with Gasteiger partial charge in [-0.25, -0.2) is 0 Å². The summed E-state index contributed by atoms with van der Waals surface area (Å²) in [6.07, 6.45) is 0.778. The molecule has 0 saturated carbocycles. The van der Waals surface area contributed by atoms with Crippen LogP contribution in [-0.2, 0) is 0 Å². The molecule has 2 rings (SSSR count). The van der Waals surface area contributed by atoms with Gasteiger partial charge in [0.25, 0.3) is 5.91 Å². The van der Waals surface area contributed by atoms with Crippen molar-refractivity contribution >= 4 is 17.5 Å². The van der Waals surface area contributed by atoms with Crippen LogP contribution in [0.3, 0.4) is 0 Å². The van der Waals surface area contributed by atoms with E-state index in [1.165, 1.54) is 0 Å². The predicted molar refractivity (Wildman–Crippen MR) is 73.2 cm³/mol. The fourth-order valence-electron chi connectivity index (χ4n) is 1.82. The monoisotopic (exact) mass is 278 g/mol. The van der Waals surface area contributed by atoms with E-state index in [9.17, 15) is 4.79 Å². The summed E-state index contributed by atoms with van der Waals surface area (Å²) in [5, 5.41) is 7.29. The number of hydrogen-bond donors (Lipinski definition) is 1. The van der Waals surface area contributed by atoms with E-state index in [1.807, 2.05) is 31.2 Å². The zero-order valence-electron chi connectivity index (χ0n) is 10.8. The van der Waals surface area contributed by atoms with Crippen LogP contribution in [0.15, 0.2) is 34.9 Å². The van der Waals surface area contributed by atoms with Crippen LogP contribution in [0.1, 0.15) is 41.2 Å². The van der Waals surface area contributed by atoms with Gasteiger partial charge in [-0.2, -0.15) is 0 Å². The van der Waals surface area contributed by atoms with Crippen LogP contribution in [0.2, 0.25) is 5.02 Å². The number of nitrogens with one attached hydrogen (secondary N) is 1. The van der Waals surface area contributed by atoms with Gasteiger partial charge < -0.3 is 9.84 Å². The van der Waals surface area contributed by atoms with Crippen molar-refractivity contribution in [1.82, 2.24) is 10.5 Å². The zero-order chi connectivity index (χ0) is 13.8. The largest absolute Gasteiger partial charge is 0.351 e. The maximum absolute atomic E-state index is 12.0. The Morgan fingerprint density at radius 1 is 1.42 bits per heavy atom. The van der Waals surface area contributed by atoms with E-state index in [0.29, 0.717) is 10.7 Å². The Labute approximate surface area is 116 Å². The maximum Gasteiger partial charge on any atom is 0.290 e. The molecule has 0 fully saturated rings. The molecule has 4 nitrogen and oxygen atoms in total. The zero-order valence-corrected chi connectivity index (χ0v) is 11.6. The first-order valence-electron chi connectivity index (χ1n) is 6.09. The van der Waals surface area contributed by atoms with Crippen LogP contribution in [-0.4, -0.2) is 11.1 Å². The van der Waals surface area contributed by atoms with Gasteiger partial charge >= 0.3 is 0 Å². The first-order valence-corrected chi connectivity index (χ1v) is 6.47. The summed E-state index contributed by atoms with van der Waals surface area (Å²) in [5.74, 6) is -0.0349. The van der Waals surface area contributed by atoms with Gasteiger partial charge in [-0.05, 0) is 31.0 Å². The number of carbonyl (C=O) groups excluding carboxylic acids is 1. The molecule has 19 heavy (non-hydrogen) atoms. The van der Waals surface area contributed by atoms with Gasteiger partial charge in [0, 0.05) is 11.1 Å². The van der Waals surface area contributed by atoms with E-state index in [2.05, 4.69) is 10.5 Å². The molecule has 1 aromatic carbocycles. The van der Waals surface area contributed by atoms with Crippen LogP contribution in [0.5, 0.6) is 0 Å². The summed E-state index contributed by atoms with van der Waals surface area (Å²) in [4.78, 5) is 12.0. The molecule has 0 saturated heterocycles. The Morgan fingerprint density at radius 2 is 2.11 bits per heavy atom. The minimum atomic E-state index is -0.262. The molecule has 1 atom stereocenters. The van der Waals surface area contributed by atoms with Gasteiger partial charge in [0.05, 0.1) is 11.7 Å². The lowest BCUT2D eigenvalue weighted by Crippen LogP contribution is -2.27. The molecule has 0 unspecified atom stereocenters. The van der Waals surface area contributed by atoms with E-state index < -0.39 is 0 Å². The summed E-state index contributed by atoms with van der Waals surface area (Å²) >= 11 is 5.85. The fraction of sp³-hybridized carbons (Fsp3) is 0.286. The number of halogens is 1. The van der Waals surface area contributed by atoms with Crippen LogP contribution in [0, 0.1) is 6.92 Å². The molecule has 0 bridgehead atoms. The number of rotatable bonds is 4. The third-order valence-corrected chi connectivity index (χ3v) is 3.09. The average Bonchev–Trinajstić information content (AvgIpc) is 2.84. The third kappa shape index (κ3) is 3.35. The van der Waals surface area contributed by atoms with Crippen molar-refractivity contribution in [2.24, 2.45) is 0 Å². The lowest BCUT2D eigenvalue weighted by Gasteiger charge is -2.16. The van der Waals surface area contributed by atoms with E-state index in [1.54, 1.807) is 13.0 Å². The van der Waals surface area contributed by atoms with E-state index in [0.717, 1.165) is 12.0 Å². The first-order chi connectivity index (χ1) is 9.10. The van der Waals surface area contributed by atoms with Gasteiger partial charge in [-0.3, -0.25) is 4.79 Å². The highest BCUT2D eigenvalue weighted by Gasteiger charge is 2.17. The van der Waals surface area contributed by atoms with Crippen LogP contribution >= 0.6 is 11.6 Å². The fourth-order valence-corrected chi connectivity index (χ4v) is 1.94. The molecule has 0 spiro atoms. The lowest BCUT2D eigenvalue weighted by molar-refractivity contribution is 0.0898. The normalized spacial score (nSPS) is 12.2. The summed E-state index contributed by atoms with van der Waals surface area (Å²) in [6.45, 7) is 3.78. The molecule has 5 heteroatoms. The summed E-state index contributed by atoms with van der Waals surface area (Å²) < 4.78 is 4.94. The molecular formula is C14H15ClN2O2. The van der Waals surface area contributed by atoms with Crippen LogP contribution < -0.4 is 5.32 Å². The molecule has 0 aliphatic heterocycles. The van der Waals surface area contributed by atoms with Gasteiger partial charge in [-0.15, -0.1) is 0 Å². The Hall–Kier alpha value is -1.81. The number of amides is 1. The molecular weight excluding hydrogens is 264 g/mol. The maximum atomic E-state index is 12.0. The van der Waals surface area contributed by atoms with Crippen molar-refractivity contribution < 1.29 is 9.32 Å². The number of nitrogens with zero attached hydrogens (tertiary/aromatic N) is 1. The summed E-state index contributed by atoms with van der Waals surface area (Å²) in [5.41, 5.74) is 1.70. The molecule has 1 N–H and O–H groups in total. The minimum absolute atomic E-state index is 0.0739. The van der Waals surface area contributed by atoms with Gasteiger partial charge in [-0.1, -0.05) is 35.8 Å². The Kier molecular flexibility index (Phi) is 4.22. The van der Waals surface area contributed by atoms with Crippen molar-refractivity contribution in [2.75, 3.05) is 0 Å². The number of aromatic nitrogens is 1. The smallest absolute Gasteiger partial charge is 0.290 e. The van der Waals surface area contributed by atoms with Crippen molar-refractivity contribution in [1.29, 1.82) is 0 Å². The molecule has 1 amide bonds. The number of benzene rings is 1. The van der Waals surface area contributed by atoms with Crippen molar-refractivity contribution in [3.8, 4) is 0 Å². The number of hydrogen-bond acceptors (Lipinski definition) is 3. The lowest BCUT2D eigenvalue weighted by atomic mass is 10.0. The van der Waals surface area contributed by atoms with E-state index >= 15 is 0 Å². The van der Waals surface area contributed by atoms with Crippen LogP contribution in [0.25, 0.3) is 0 Å².